The van der Waals surface area contributed by atoms with Gasteiger partial charge in [-0.1, -0.05) is 13.8 Å². The Kier molecular flexibility index (Phi) is 9.37. The first-order chi connectivity index (χ1) is 19.2. The topological polar surface area (TPSA) is 199 Å². The Hall–Kier alpha value is -4.88. The van der Waals surface area contributed by atoms with Crippen LogP contribution in [0, 0.1) is 5.41 Å². The molecule has 2 unspecified atom stereocenters. The highest BCUT2D eigenvalue weighted by atomic mass is 16.5. The summed E-state index contributed by atoms with van der Waals surface area (Å²) >= 11 is 0. The van der Waals surface area contributed by atoms with Gasteiger partial charge in [-0.15, -0.1) is 0 Å². The fourth-order valence-corrected chi connectivity index (χ4v) is 5.22. The molecule has 14 nitrogen and oxygen atoms in total. The molecule has 3 rings (SSSR count). The van der Waals surface area contributed by atoms with E-state index in [2.05, 4.69) is 41.4 Å². The van der Waals surface area contributed by atoms with Gasteiger partial charge in [-0.05, 0) is 68.0 Å². The van der Waals surface area contributed by atoms with Gasteiger partial charge in [0.25, 0.3) is 0 Å². The molecule has 0 radical (unpaired) electrons. The lowest BCUT2D eigenvalue weighted by Gasteiger charge is -2.47. The Morgan fingerprint density at radius 1 is 0.756 bits per heavy atom. The van der Waals surface area contributed by atoms with Gasteiger partial charge in [-0.25, -0.2) is 19.2 Å². The Balaban J connectivity index is 1.64. The number of urea groups is 2. The molecule has 1 aliphatic carbocycles. The molecule has 222 valence electrons. The van der Waals surface area contributed by atoms with E-state index in [0.29, 0.717) is 30.6 Å². The lowest BCUT2D eigenvalue weighted by molar-refractivity contribution is 0.113. The van der Waals surface area contributed by atoms with Crippen LogP contribution in [0.5, 0.6) is 11.5 Å². The minimum atomic E-state index is -0.773. The number of ether oxygens (including phenoxy) is 2. The number of phenolic OH excluding ortho intramolecular Hbond substituents is 2. The van der Waals surface area contributed by atoms with Crippen LogP contribution in [0.1, 0.15) is 40.0 Å². The summed E-state index contributed by atoms with van der Waals surface area (Å²) < 4.78 is 9.07. The average Bonchev–Trinajstić information content (AvgIpc) is 2.86. The molecule has 8 N–H and O–H groups in total. The third-order valence-corrected chi connectivity index (χ3v) is 6.47. The van der Waals surface area contributed by atoms with Crippen LogP contribution in [-0.4, -0.2) is 60.3 Å². The average molecular weight is 573 g/mol. The number of hydrogen-bond donors (Lipinski definition) is 8. The number of methoxy groups -OCH3 is 2. The van der Waals surface area contributed by atoms with E-state index in [1.807, 2.05) is 20.8 Å². The normalized spacial score (nSPS) is 19.2. The number of nitrogens with one attached hydrogen (secondary N) is 6. The van der Waals surface area contributed by atoms with Gasteiger partial charge in [-0.3, -0.25) is 10.6 Å². The molecule has 0 saturated heterocycles. The van der Waals surface area contributed by atoms with Crippen LogP contribution >= 0.6 is 0 Å². The number of hydrogen-bond acceptors (Lipinski definition) is 8. The van der Waals surface area contributed by atoms with Crippen molar-refractivity contribution in [2.45, 2.75) is 51.6 Å². The predicted molar refractivity (Wildman–Crippen MR) is 152 cm³/mol. The molecule has 2 aromatic rings. The second kappa shape index (κ2) is 12.5. The highest BCUT2D eigenvalue weighted by Gasteiger charge is 2.42. The fourth-order valence-electron chi connectivity index (χ4n) is 5.22. The molecular weight excluding hydrogens is 536 g/mol. The minimum Gasteiger partial charge on any atom is -0.506 e. The first-order valence-corrected chi connectivity index (χ1v) is 12.7. The molecule has 41 heavy (non-hydrogen) atoms. The summed E-state index contributed by atoms with van der Waals surface area (Å²) in [5.41, 5.74) is -0.129. The van der Waals surface area contributed by atoms with Gasteiger partial charge in [0.1, 0.15) is 11.5 Å². The van der Waals surface area contributed by atoms with Gasteiger partial charge in [0, 0.05) is 23.0 Å². The second-order valence-corrected chi connectivity index (χ2v) is 10.9. The molecule has 6 amide bonds. The number of carbonyl (C=O) groups is 4. The zero-order valence-electron chi connectivity index (χ0n) is 23.5. The SMILES string of the molecule is COC(=O)Nc1cc(NC(=O)NC2CC(C)(C)CC(C)(NC(=O)Nc3ccc(O)c(NC(=O)OC)c3)C2)ccc1O. The molecule has 0 aliphatic heterocycles. The first-order valence-electron chi connectivity index (χ1n) is 12.7. The molecule has 1 aliphatic rings. The summed E-state index contributed by atoms with van der Waals surface area (Å²) in [6.07, 6.45) is 0.187. The van der Waals surface area contributed by atoms with Crippen LogP contribution in [0.3, 0.4) is 0 Å². The van der Waals surface area contributed by atoms with E-state index in [1.54, 1.807) is 0 Å². The van der Waals surface area contributed by atoms with Crippen molar-refractivity contribution in [1.29, 1.82) is 0 Å². The van der Waals surface area contributed by atoms with Crippen molar-refractivity contribution in [3.63, 3.8) is 0 Å². The van der Waals surface area contributed by atoms with Gasteiger partial charge in [0.15, 0.2) is 0 Å². The van der Waals surface area contributed by atoms with Crippen molar-refractivity contribution in [3.8, 4) is 11.5 Å². The Bertz CT molecular complexity index is 1320. The molecule has 14 heteroatoms. The lowest BCUT2D eigenvalue weighted by atomic mass is 9.67. The monoisotopic (exact) mass is 572 g/mol. The van der Waals surface area contributed by atoms with Crippen LogP contribution in [0.15, 0.2) is 36.4 Å². The van der Waals surface area contributed by atoms with Crippen LogP contribution in [-0.2, 0) is 9.47 Å². The van der Waals surface area contributed by atoms with Crippen LogP contribution in [0.2, 0.25) is 0 Å². The quantitative estimate of drug-likeness (QED) is 0.179. The van der Waals surface area contributed by atoms with Gasteiger partial charge in [-0.2, -0.15) is 0 Å². The van der Waals surface area contributed by atoms with Crippen LogP contribution in [0.25, 0.3) is 0 Å². The molecule has 0 spiro atoms. The van der Waals surface area contributed by atoms with Gasteiger partial charge >= 0.3 is 24.2 Å². The van der Waals surface area contributed by atoms with Gasteiger partial charge in [0.05, 0.1) is 25.6 Å². The third kappa shape index (κ3) is 8.81. The summed E-state index contributed by atoms with van der Waals surface area (Å²) in [5, 5.41) is 36.0. The minimum absolute atomic E-state index is 0.0664. The maximum atomic E-state index is 12.9. The van der Waals surface area contributed by atoms with Crippen LogP contribution < -0.4 is 31.9 Å². The van der Waals surface area contributed by atoms with Crippen molar-refractivity contribution in [3.05, 3.63) is 36.4 Å². The zero-order chi connectivity index (χ0) is 30.4. The summed E-state index contributed by atoms with van der Waals surface area (Å²) in [6, 6.07) is 7.10. The smallest absolute Gasteiger partial charge is 0.411 e. The molecule has 0 bridgehead atoms. The van der Waals surface area contributed by atoms with E-state index < -0.39 is 29.8 Å². The van der Waals surface area contributed by atoms with E-state index in [1.165, 1.54) is 50.6 Å². The highest BCUT2D eigenvalue weighted by molar-refractivity contribution is 5.94. The number of amides is 6. The van der Waals surface area contributed by atoms with Crippen molar-refractivity contribution in [1.82, 2.24) is 10.6 Å². The number of carbonyl (C=O) groups excluding carboxylic acids is 4. The van der Waals surface area contributed by atoms with E-state index in [4.69, 9.17) is 0 Å². The third-order valence-electron chi connectivity index (χ3n) is 6.47. The van der Waals surface area contributed by atoms with Crippen molar-refractivity contribution in [2.24, 2.45) is 5.41 Å². The first kappa shape index (κ1) is 30.7. The maximum absolute atomic E-state index is 12.9. The van der Waals surface area contributed by atoms with Crippen molar-refractivity contribution < 1.29 is 38.9 Å². The second-order valence-electron chi connectivity index (χ2n) is 10.9. The summed E-state index contributed by atoms with van der Waals surface area (Å²) in [4.78, 5) is 48.8. The lowest BCUT2D eigenvalue weighted by Crippen LogP contribution is -2.58. The predicted octanol–water partition coefficient (Wildman–Crippen LogP) is 4.74. The number of aromatic hydroxyl groups is 2. The number of rotatable bonds is 6. The zero-order valence-corrected chi connectivity index (χ0v) is 23.5. The van der Waals surface area contributed by atoms with E-state index in [-0.39, 0.29) is 34.3 Å². The molecule has 2 aromatic carbocycles. The van der Waals surface area contributed by atoms with E-state index in [0.717, 1.165) is 0 Å². The number of anilines is 4. The highest BCUT2D eigenvalue weighted by Crippen LogP contribution is 2.41. The molecular formula is C27H36N6O8. The Labute approximate surface area is 237 Å². The summed E-state index contributed by atoms with van der Waals surface area (Å²) in [5.74, 6) is -0.392. The molecule has 1 saturated carbocycles. The van der Waals surface area contributed by atoms with E-state index >= 15 is 0 Å². The van der Waals surface area contributed by atoms with Crippen molar-refractivity contribution >= 4 is 47.0 Å². The molecule has 2 atom stereocenters. The molecule has 1 fully saturated rings. The van der Waals surface area contributed by atoms with Crippen molar-refractivity contribution in [2.75, 3.05) is 35.5 Å². The fraction of sp³-hybridized carbons (Fsp3) is 0.407. The number of benzene rings is 2. The standard InChI is InChI=1S/C27H36N6O8/c1-26(2)12-17(30-22(36)28-15-6-8-20(34)18(10-15)31-24(38)40-4)13-27(3,14-26)33-23(37)29-16-7-9-21(35)19(11-16)32-25(39)41-5/h6-11,17,34-35H,12-14H2,1-5H3,(H,31,38)(H,32,39)(H2,28,30,36)(H2,29,33,37). The largest absolute Gasteiger partial charge is 0.506 e. The van der Waals surface area contributed by atoms with Gasteiger partial charge < -0.3 is 41.0 Å². The maximum Gasteiger partial charge on any atom is 0.411 e. The number of phenols is 2. The summed E-state index contributed by atoms with van der Waals surface area (Å²) in [6.45, 7) is 5.99. The van der Waals surface area contributed by atoms with Crippen LogP contribution in [0.4, 0.5) is 41.9 Å². The molecule has 0 heterocycles. The Morgan fingerprint density at radius 2 is 1.24 bits per heavy atom. The molecule has 0 aromatic heterocycles. The summed E-state index contributed by atoms with van der Waals surface area (Å²) in [7, 11) is 2.38. The van der Waals surface area contributed by atoms with E-state index in [9.17, 15) is 29.4 Å². The van der Waals surface area contributed by atoms with Gasteiger partial charge in [0.2, 0.25) is 0 Å². The Morgan fingerprint density at radius 3 is 1.73 bits per heavy atom.